The lowest BCUT2D eigenvalue weighted by atomic mass is 10.2. The zero-order valence-electron chi connectivity index (χ0n) is 10.9. The summed E-state index contributed by atoms with van der Waals surface area (Å²) in [6.07, 6.45) is 0. The van der Waals surface area contributed by atoms with Gasteiger partial charge in [0.15, 0.2) is 5.13 Å². The smallest absolute Gasteiger partial charge is 0.183 e. The van der Waals surface area contributed by atoms with Crippen LogP contribution in [0.4, 0.5) is 5.13 Å². The Labute approximate surface area is 116 Å². The molecule has 0 radical (unpaired) electrons. The van der Waals surface area contributed by atoms with Crippen LogP contribution in [0.15, 0.2) is 41.8 Å². The van der Waals surface area contributed by atoms with Gasteiger partial charge in [-0.3, -0.25) is 0 Å². The van der Waals surface area contributed by atoms with Gasteiger partial charge in [0.2, 0.25) is 0 Å². The molecule has 0 saturated heterocycles. The second kappa shape index (κ2) is 4.97. The predicted molar refractivity (Wildman–Crippen MR) is 81.6 cm³/mol. The molecular weight excluding hydrogens is 254 g/mol. The van der Waals surface area contributed by atoms with Crippen molar-refractivity contribution in [1.82, 2.24) is 9.97 Å². The van der Waals surface area contributed by atoms with Crippen LogP contribution in [0.5, 0.6) is 0 Å². The van der Waals surface area contributed by atoms with Crippen molar-refractivity contribution < 1.29 is 0 Å². The Balaban J connectivity index is 1.97. The first-order valence-corrected chi connectivity index (χ1v) is 7.18. The predicted octanol–water partition coefficient (Wildman–Crippen LogP) is 4.18. The van der Waals surface area contributed by atoms with Crippen molar-refractivity contribution in [2.45, 2.75) is 19.9 Å². The van der Waals surface area contributed by atoms with Crippen LogP contribution in [-0.2, 0) is 0 Å². The monoisotopic (exact) mass is 269 g/mol. The molecule has 1 N–H and O–H groups in total. The van der Waals surface area contributed by atoms with E-state index in [-0.39, 0.29) is 0 Å². The summed E-state index contributed by atoms with van der Waals surface area (Å²) < 4.78 is 0. The number of nitrogens with one attached hydrogen (secondary N) is 1. The van der Waals surface area contributed by atoms with Crippen molar-refractivity contribution in [3.63, 3.8) is 0 Å². The topological polar surface area (TPSA) is 37.8 Å². The molecular formula is C15H15N3S. The van der Waals surface area contributed by atoms with Crippen LogP contribution in [0.3, 0.4) is 0 Å². The van der Waals surface area contributed by atoms with Crippen LogP contribution >= 0.6 is 11.3 Å². The molecule has 0 aliphatic rings. The highest BCUT2D eigenvalue weighted by Gasteiger charge is 2.07. The highest BCUT2D eigenvalue weighted by molar-refractivity contribution is 7.14. The van der Waals surface area contributed by atoms with E-state index in [9.17, 15) is 0 Å². The van der Waals surface area contributed by atoms with Gasteiger partial charge in [0.1, 0.15) is 5.69 Å². The van der Waals surface area contributed by atoms with Crippen LogP contribution in [-0.4, -0.2) is 16.0 Å². The highest BCUT2D eigenvalue weighted by atomic mass is 32.1. The van der Waals surface area contributed by atoms with Gasteiger partial charge < -0.3 is 5.32 Å². The number of aromatic nitrogens is 2. The summed E-state index contributed by atoms with van der Waals surface area (Å²) in [5.74, 6) is 0. The zero-order chi connectivity index (χ0) is 13.2. The van der Waals surface area contributed by atoms with Crippen LogP contribution in [0.1, 0.15) is 13.8 Å². The summed E-state index contributed by atoms with van der Waals surface area (Å²) in [7, 11) is 0. The van der Waals surface area contributed by atoms with E-state index in [1.165, 1.54) is 0 Å². The molecule has 3 aromatic rings. The van der Waals surface area contributed by atoms with Crippen molar-refractivity contribution in [3.05, 3.63) is 41.8 Å². The normalized spacial score (nSPS) is 11.1. The molecule has 0 aliphatic heterocycles. The van der Waals surface area contributed by atoms with Crippen molar-refractivity contribution in [3.8, 4) is 11.4 Å². The van der Waals surface area contributed by atoms with Gasteiger partial charge in [0.25, 0.3) is 0 Å². The number of nitrogens with zero attached hydrogens (tertiary/aromatic N) is 2. The van der Waals surface area contributed by atoms with Gasteiger partial charge in [-0.2, -0.15) is 0 Å². The first-order chi connectivity index (χ1) is 9.22. The standard InChI is InChI=1S/C15H15N3S/c1-10(2)16-15-18-14(9-19-15)13-8-7-11-5-3-4-6-12(11)17-13/h3-10H,1-2H3,(H,16,18). The van der Waals surface area contributed by atoms with Crippen LogP contribution in [0, 0.1) is 0 Å². The number of para-hydroxylation sites is 1. The zero-order valence-corrected chi connectivity index (χ0v) is 11.7. The molecule has 1 aromatic carbocycles. The number of pyridine rings is 1. The minimum atomic E-state index is 0.392. The average molecular weight is 269 g/mol. The highest BCUT2D eigenvalue weighted by Crippen LogP contribution is 2.25. The van der Waals surface area contributed by atoms with E-state index in [0.717, 1.165) is 27.4 Å². The number of fused-ring (bicyclic) bond motifs is 1. The van der Waals surface area contributed by atoms with Crippen molar-refractivity contribution >= 4 is 27.4 Å². The first-order valence-electron chi connectivity index (χ1n) is 6.30. The number of rotatable bonds is 3. The number of benzene rings is 1. The minimum absolute atomic E-state index is 0.392. The van der Waals surface area contributed by atoms with E-state index >= 15 is 0 Å². The van der Waals surface area contributed by atoms with Crippen molar-refractivity contribution in [2.24, 2.45) is 0 Å². The van der Waals surface area contributed by atoms with E-state index < -0.39 is 0 Å². The van der Waals surface area contributed by atoms with Crippen molar-refractivity contribution in [2.75, 3.05) is 5.32 Å². The molecule has 0 amide bonds. The molecule has 3 nitrogen and oxygen atoms in total. The maximum Gasteiger partial charge on any atom is 0.183 e. The summed E-state index contributed by atoms with van der Waals surface area (Å²) in [4.78, 5) is 9.23. The Morgan fingerprint density at radius 1 is 1.00 bits per heavy atom. The molecule has 3 rings (SSSR count). The number of anilines is 1. The third kappa shape index (κ3) is 2.58. The van der Waals surface area contributed by atoms with Crippen LogP contribution < -0.4 is 5.32 Å². The average Bonchev–Trinajstić information content (AvgIpc) is 2.86. The van der Waals surface area contributed by atoms with Gasteiger partial charge in [0.05, 0.1) is 11.2 Å². The lowest BCUT2D eigenvalue weighted by Gasteiger charge is -2.04. The molecule has 0 bridgehead atoms. The SMILES string of the molecule is CC(C)Nc1nc(-c2ccc3ccccc3n2)cs1. The fraction of sp³-hybridized carbons (Fsp3) is 0.200. The lowest BCUT2D eigenvalue weighted by molar-refractivity contribution is 0.896. The van der Waals surface area contributed by atoms with E-state index in [2.05, 4.69) is 41.3 Å². The van der Waals surface area contributed by atoms with E-state index in [0.29, 0.717) is 6.04 Å². The Morgan fingerprint density at radius 2 is 1.84 bits per heavy atom. The summed E-state index contributed by atoms with van der Waals surface area (Å²) >= 11 is 1.62. The summed E-state index contributed by atoms with van der Waals surface area (Å²) in [5.41, 5.74) is 2.86. The first kappa shape index (κ1) is 12.1. The van der Waals surface area contributed by atoms with Crippen LogP contribution in [0.25, 0.3) is 22.3 Å². The van der Waals surface area contributed by atoms with Gasteiger partial charge in [-0.1, -0.05) is 24.3 Å². The summed E-state index contributed by atoms with van der Waals surface area (Å²) in [5, 5.41) is 7.45. The number of hydrogen-bond acceptors (Lipinski definition) is 4. The maximum absolute atomic E-state index is 4.65. The Kier molecular flexibility index (Phi) is 3.17. The van der Waals surface area contributed by atoms with Gasteiger partial charge in [-0.05, 0) is 26.0 Å². The van der Waals surface area contributed by atoms with E-state index in [1.54, 1.807) is 11.3 Å². The van der Waals surface area contributed by atoms with Crippen LogP contribution in [0.2, 0.25) is 0 Å². The molecule has 96 valence electrons. The third-order valence-corrected chi connectivity index (χ3v) is 3.55. The second-order valence-corrected chi connectivity index (χ2v) is 5.58. The quantitative estimate of drug-likeness (QED) is 0.775. The minimum Gasteiger partial charge on any atom is -0.359 e. The summed E-state index contributed by atoms with van der Waals surface area (Å²) in [6.45, 7) is 4.21. The molecule has 2 heterocycles. The summed E-state index contributed by atoms with van der Waals surface area (Å²) in [6, 6.07) is 12.6. The van der Waals surface area contributed by atoms with Gasteiger partial charge in [-0.15, -0.1) is 11.3 Å². The van der Waals surface area contributed by atoms with E-state index in [1.807, 2.05) is 29.6 Å². The fourth-order valence-corrected chi connectivity index (χ4v) is 2.76. The van der Waals surface area contributed by atoms with Gasteiger partial charge in [0, 0.05) is 16.8 Å². The molecule has 0 atom stereocenters. The third-order valence-electron chi connectivity index (χ3n) is 2.78. The van der Waals surface area contributed by atoms with E-state index in [4.69, 9.17) is 0 Å². The molecule has 19 heavy (non-hydrogen) atoms. The molecule has 0 unspecified atom stereocenters. The van der Waals surface area contributed by atoms with Gasteiger partial charge >= 0.3 is 0 Å². The molecule has 2 aromatic heterocycles. The maximum atomic E-state index is 4.65. The Morgan fingerprint density at radius 3 is 2.68 bits per heavy atom. The molecule has 0 saturated carbocycles. The Hall–Kier alpha value is -1.94. The largest absolute Gasteiger partial charge is 0.359 e. The fourth-order valence-electron chi connectivity index (χ4n) is 1.91. The van der Waals surface area contributed by atoms with Crippen molar-refractivity contribution in [1.29, 1.82) is 0 Å². The molecule has 0 fully saturated rings. The number of thiazole rings is 1. The molecule has 4 heteroatoms. The number of hydrogen-bond donors (Lipinski definition) is 1. The Bertz CT molecular complexity index is 703. The lowest BCUT2D eigenvalue weighted by Crippen LogP contribution is -2.09. The molecule has 0 aliphatic carbocycles. The van der Waals surface area contributed by atoms with Gasteiger partial charge in [-0.25, -0.2) is 9.97 Å². The molecule has 0 spiro atoms. The second-order valence-electron chi connectivity index (χ2n) is 4.73.